The van der Waals surface area contributed by atoms with E-state index < -0.39 is 11.9 Å². The summed E-state index contributed by atoms with van der Waals surface area (Å²) >= 11 is 0. The van der Waals surface area contributed by atoms with Crippen LogP contribution in [-0.4, -0.2) is 25.2 Å². The number of amides is 1. The molecule has 0 saturated heterocycles. The van der Waals surface area contributed by atoms with Gasteiger partial charge in [0.15, 0.2) is 0 Å². The third-order valence-electron chi connectivity index (χ3n) is 2.31. The first kappa shape index (κ1) is 10.5. The predicted octanol–water partition coefficient (Wildman–Crippen LogP) is 0.00580. The fourth-order valence-electron chi connectivity index (χ4n) is 1.11. The Balaban J connectivity index is 1.84. The van der Waals surface area contributed by atoms with Gasteiger partial charge in [0.05, 0.1) is 6.04 Å². The van der Waals surface area contributed by atoms with Crippen LogP contribution in [0, 0.1) is 5.92 Å². The number of carbonyl (C=O) groups is 1. The molecule has 0 aliphatic heterocycles. The van der Waals surface area contributed by atoms with Gasteiger partial charge in [-0.25, -0.2) is 0 Å². The minimum Gasteiger partial charge on any atom is -0.381 e. The predicted molar refractivity (Wildman–Crippen MR) is 49.9 cm³/mol. The number of hydrogen-bond acceptors (Lipinski definition) is 3. The lowest BCUT2D eigenvalue weighted by Gasteiger charge is -2.07. The van der Waals surface area contributed by atoms with Gasteiger partial charge in [-0.2, -0.15) is 0 Å². The molecule has 1 atom stereocenters. The van der Waals surface area contributed by atoms with Gasteiger partial charge in [0.25, 0.3) is 0 Å². The van der Waals surface area contributed by atoms with Crippen molar-refractivity contribution in [3.05, 3.63) is 0 Å². The van der Waals surface area contributed by atoms with Crippen molar-refractivity contribution in [1.29, 1.82) is 0 Å². The number of primary amides is 1. The van der Waals surface area contributed by atoms with Crippen LogP contribution in [0.3, 0.4) is 0 Å². The Labute approximate surface area is 78.6 Å². The third-order valence-corrected chi connectivity index (χ3v) is 2.31. The lowest BCUT2D eigenvalue weighted by molar-refractivity contribution is -0.119. The molecular weight excluding hydrogens is 168 g/mol. The largest absolute Gasteiger partial charge is 0.381 e. The van der Waals surface area contributed by atoms with Crippen LogP contribution < -0.4 is 11.5 Å². The normalized spacial score (nSPS) is 18.5. The van der Waals surface area contributed by atoms with Crippen molar-refractivity contribution in [1.82, 2.24) is 0 Å². The first-order valence-electron chi connectivity index (χ1n) is 4.83. The summed E-state index contributed by atoms with van der Waals surface area (Å²) < 4.78 is 5.32. The average molecular weight is 186 g/mol. The van der Waals surface area contributed by atoms with Crippen molar-refractivity contribution in [2.24, 2.45) is 17.4 Å². The van der Waals surface area contributed by atoms with E-state index in [2.05, 4.69) is 0 Å². The Morgan fingerprint density at radius 2 is 2.15 bits per heavy atom. The summed E-state index contributed by atoms with van der Waals surface area (Å²) in [6.07, 6.45) is 4.38. The van der Waals surface area contributed by atoms with Crippen molar-refractivity contribution >= 4 is 5.91 Å². The van der Waals surface area contributed by atoms with Crippen LogP contribution in [0.4, 0.5) is 0 Å². The molecule has 0 aromatic carbocycles. The van der Waals surface area contributed by atoms with Gasteiger partial charge >= 0.3 is 0 Å². The maximum atomic E-state index is 10.5. The van der Waals surface area contributed by atoms with Crippen LogP contribution in [0.1, 0.15) is 25.7 Å². The molecule has 0 bridgehead atoms. The zero-order chi connectivity index (χ0) is 9.68. The molecule has 1 aliphatic carbocycles. The van der Waals surface area contributed by atoms with E-state index in [1.165, 1.54) is 12.8 Å². The molecule has 4 N–H and O–H groups in total. The van der Waals surface area contributed by atoms with Crippen LogP contribution in [-0.2, 0) is 9.53 Å². The Bertz CT molecular complexity index is 169. The Kier molecular flexibility index (Phi) is 4.18. The summed E-state index contributed by atoms with van der Waals surface area (Å²) in [7, 11) is 0. The molecule has 1 fully saturated rings. The second-order valence-electron chi connectivity index (χ2n) is 3.64. The second-order valence-corrected chi connectivity index (χ2v) is 3.64. The minimum atomic E-state index is -0.555. The van der Waals surface area contributed by atoms with E-state index in [-0.39, 0.29) is 0 Å². The number of ether oxygens (including phenoxy) is 1. The number of hydrogen-bond donors (Lipinski definition) is 2. The minimum absolute atomic E-state index is 0.453. The molecule has 1 saturated carbocycles. The zero-order valence-electron chi connectivity index (χ0n) is 7.87. The first-order chi connectivity index (χ1) is 6.20. The molecule has 4 heteroatoms. The molecular formula is C9H18N2O2. The van der Waals surface area contributed by atoms with E-state index >= 15 is 0 Å². The molecule has 0 spiro atoms. The van der Waals surface area contributed by atoms with E-state index in [9.17, 15) is 4.79 Å². The highest BCUT2D eigenvalue weighted by Crippen LogP contribution is 2.31. The third kappa shape index (κ3) is 4.85. The standard InChI is InChI=1S/C9H18N2O2/c10-8(9(11)12)4-6-13-5-3-7-1-2-7/h7-8H,1-6,10H2,(H2,11,12). The molecule has 1 rings (SSSR count). The van der Waals surface area contributed by atoms with Crippen LogP contribution >= 0.6 is 0 Å². The van der Waals surface area contributed by atoms with Gasteiger partial charge < -0.3 is 16.2 Å². The van der Waals surface area contributed by atoms with E-state index in [1.54, 1.807) is 0 Å². The molecule has 4 nitrogen and oxygen atoms in total. The quantitative estimate of drug-likeness (QED) is 0.549. The van der Waals surface area contributed by atoms with Gasteiger partial charge in [-0.15, -0.1) is 0 Å². The highest BCUT2D eigenvalue weighted by molar-refractivity contribution is 5.79. The summed E-state index contributed by atoms with van der Waals surface area (Å²) in [4.78, 5) is 10.5. The number of carbonyl (C=O) groups excluding carboxylic acids is 1. The monoisotopic (exact) mass is 186 g/mol. The molecule has 1 unspecified atom stereocenters. The molecule has 0 aromatic heterocycles. The summed E-state index contributed by atoms with van der Waals surface area (Å²) in [5.41, 5.74) is 10.4. The summed E-state index contributed by atoms with van der Waals surface area (Å²) in [5, 5.41) is 0. The number of rotatable bonds is 7. The van der Waals surface area contributed by atoms with E-state index in [0.29, 0.717) is 13.0 Å². The summed E-state index contributed by atoms with van der Waals surface area (Å²) in [6.45, 7) is 1.33. The molecule has 0 aromatic rings. The molecule has 0 heterocycles. The summed E-state index contributed by atoms with van der Waals surface area (Å²) in [5.74, 6) is 0.440. The zero-order valence-corrected chi connectivity index (χ0v) is 7.87. The lowest BCUT2D eigenvalue weighted by Crippen LogP contribution is -2.37. The molecule has 0 radical (unpaired) electrons. The highest BCUT2D eigenvalue weighted by atomic mass is 16.5. The van der Waals surface area contributed by atoms with Crippen molar-refractivity contribution in [2.45, 2.75) is 31.7 Å². The van der Waals surface area contributed by atoms with Crippen molar-refractivity contribution < 1.29 is 9.53 Å². The first-order valence-corrected chi connectivity index (χ1v) is 4.83. The van der Waals surface area contributed by atoms with Gasteiger partial charge in [0.2, 0.25) is 5.91 Å². The molecule has 1 aliphatic rings. The van der Waals surface area contributed by atoms with Crippen LogP contribution in [0.25, 0.3) is 0 Å². The lowest BCUT2D eigenvalue weighted by atomic mass is 10.2. The fourth-order valence-corrected chi connectivity index (χ4v) is 1.11. The van der Waals surface area contributed by atoms with Crippen molar-refractivity contribution in [2.75, 3.05) is 13.2 Å². The van der Waals surface area contributed by atoms with Crippen LogP contribution in [0.15, 0.2) is 0 Å². The van der Waals surface area contributed by atoms with Gasteiger partial charge in [-0.1, -0.05) is 12.8 Å². The fraction of sp³-hybridized carbons (Fsp3) is 0.889. The maximum absolute atomic E-state index is 10.5. The topological polar surface area (TPSA) is 78.3 Å². The van der Waals surface area contributed by atoms with Gasteiger partial charge in [-0.05, 0) is 18.8 Å². The molecule has 1 amide bonds. The van der Waals surface area contributed by atoms with Crippen LogP contribution in [0.2, 0.25) is 0 Å². The Morgan fingerprint density at radius 1 is 1.46 bits per heavy atom. The smallest absolute Gasteiger partial charge is 0.234 e. The summed E-state index contributed by atoms with van der Waals surface area (Å²) in [6, 6.07) is -0.555. The Hall–Kier alpha value is -0.610. The van der Waals surface area contributed by atoms with Crippen molar-refractivity contribution in [3.63, 3.8) is 0 Å². The number of nitrogens with two attached hydrogens (primary N) is 2. The van der Waals surface area contributed by atoms with Gasteiger partial charge in [0, 0.05) is 13.2 Å². The highest BCUT2D eigenvalue weighted by Gasteiger charge is 2.20. The maximum Gasteiger partial charge on any atom is 0.234 e. The van der Waals surface area contributed by atoms with Crippen molar-refractivity contribution in [3.8, 4) is 0 Å². The van der Waals surface area contributed by atoms with Gasteiger partial charge in [-0.3, -0.25) is 4.79 Å². The van der Waals surface area contributed by atoms with E-state index in [0.717, 1.165) is 18.9 Å². The van der Waals surface area contributed by atoms with E-state index in [4.69, 9.17) is 16.2 Å². The molecule has 76 valence electrons. The second kappa shape index (κ2) is 5.19. The Morgan fingerprint density at radius 3 is 2.69 bits per heavy atom. The van der Waals surface area contributed by atoms with E-state index in [1.807, 2.05) is 0 Å². The average Bonchev–Trinajstić information content (AvgIpc) is 2.87. The SMILES string of the molecule is NC(=O)C(N)CCOCCC1CC1. The molecule has 13 heavy (non-hydrogen) atoms. The van der Waals surface area contributed by atoms with Gasteiger partial charge in [0.1, 0.15) is 0 Å². The van der Waals surface area contributed by atoms with Crippen LogP contribution in [0.5, 0.6) is 0 Å².